The third kappa shape index (κ3) is 8.32. The minimum atomic E-state index is -4.42. The van der Waals surface area contributed by atoms with Gasteiger partial charge in [0.05, 0.1) is 10.6 Å². The van der Waals surface area contributed by atoms with Crippen molar-refractivity contribution in [2.24, 2.45) is 0 Å². The van der Waals surface area contributed by atoms with Crippen molar-refractivity contribution in [1.29, 1.82) is 0 Å². The molecule has 0 saturated heterocycles. The van der Waals surface area contributed by atoms with Gasteiger partial charge in [-0.1, -0.05) is 54.6 Å². The molecule has 0 aromatic heterocycles. The van der Waals surface area contributed by atoms with Gasteiger partial charge in [-0.2, -0.15) is 0 Å². The first-order chi connectivity index (χ1) is 22.8. The van der Waals surface area contributed by atoms with E-state index in [1.165, 1.54) is 35.2 Å². The van der Waals surface area contributed by atoms with Crippen LogP contribution >= 0.6 is 0 Å². The average molecular weight is 674 g/mol. The van der Waals surface area contributed by atoms with Gasteiger partial charge in [-0.15, -0.1) is 0 Å². The van der Waals surface area contributed by atoms with Gasteiger partial charge in [0, 0.05) is 24.6 Å². The van der Waals surface area contributed by atoms with E-state index in [1.807, 2.05) is 82.3 Å². The number of aryl methyl sites for hydroxylation is 1. The van der Waals surface area contributed by atoms with Crippen molar-refractivity contribution >= 4 is 27.5 Å². The van der Waals surface area contributed by atoms with Crippen LogP contribution in [-0.4, -0.2) is 56.5 Å². The highest BCUT2D eigenvalue weighted by atomic mass is 32.2. The van der Waals surface area contributed by atoms with Gasteiger partial charge in [-0.05, 0) is 80.8 Å². The molecule has 0 bridgehead atoms. The molecule has 252 valence electrons. The van der Waals surface area contributed by atoms with Crippen LogP contribution in [-0.2, 0) is 32.6 Å². The molecule has 1 heterocycles. The summed E-state index contributed by atoms with van der Waals surface area (Å²) in [4.78, 5) is 30.0. The number of carbonyl (C=O) groups is 2. The average Bonchev–Trinajstić information content (AvgIpc) is 3.05. The SMILES string of the molecule is Cc1ccccc1CN(C(=O)CN(c1ccc(F)cc1)S(=O)(=O)c1ccc2c(c1)OCCO2)[C@H](Cc1ccccc1)C(=O)NC(C)(C)C. The van der Waals surface area contributed by atoms with Gasteiger partial charge >= 0.3 is 0 Å². The highest BCUT2D eigenvalue weighted by molar-refractivity contribution is 7.92. The van der Waals surface area contributed by atoms with Gasteiger partial charge in [0.2, 0.25) is 11.8 Å². The normalized spacial score (nSPS) is 13.4. The van der Waals surface area contributed by atoms with Crippen LogP contribution in [0.4, 0.5) is 10.1 Å². The summed E-state index contributed by atoms with van der Waals surface area (Å²) in [6.45, 7) is 7.44. The molecule has 0 saturated carbocycles. The highest BCUT2D eigenvalue weighted by Gasteiger charge is 2.36. The second-order valence-corrected chi connectivity index (χ2v) is 14.5. The number of benzene rings is 4. The summed E-state index contributed by atoms with van der Waals surface area (Å²) >= 11 is 0. The first-order valence-electron chi connectivity index (χ1n) is 15.7. The number of carbonyl (C=O) groups excluding carboxylic acids is 2. The minimum absolute atomic E-state index is 0.0436. The molecule has 4 aromatic rings. The summed E-state index contributed by atoms with van der Waals surface area (Å²) in [6, 6.07) is 25.0. The zero-order valence-corrected chi connectivity index (χ0v) is 28.3. The van der Waals surface area contributed by atoms with E-state index in [4.69, 9.17) is 9.47 Å². The fraction of sp³-hybridized carbons (Fsp3) is 0.297. The number of ether oxygens (including phenoxy) is 2. The Hall–Kier alpha value is -4.90. The maximum Gasteiger partial charge on any atom is 0.264 e. The first kappa shape index (κ1) is 34.4. The largest absolute Gasteiger partial charge is 0.486 e. The van der Waals surface area contributed by atoms with E-state index in [0.717, 1.165) is 33.1 Å². The van der Waals surface area contributed by atoms with Crippen LogP contribution in [0.25, 0.3) is 0 Å². The lowest BCUT2D eigenvalue weighted by Gasteiger charge is -2.35. The third-order valence-corrected chi connectivity index (χ3v) is 9.64. The predicted octanol–water partition coefficient (Wildman–Crippen LogP) is 5.66. The molecule has 48 heavy (non-hydrogen) atoms. The summed E-state index contributed by atoms with van der Waals surface area (Å²) in [6.07, 6.45) is 0.186. The van der Waals surface area contributed by atoms with E-state index in [2.05, 4.69) is 5.32 Å². The molecule has 0 aliphatic carbocycles. The van der Waals surface area contributed by atoms with Crippen LogP contribution in [0.3, 0.4) is 0 Å². The van der Waals surface area contributed by atoms with Crippen molar-refractivity contribution in [2.75, 3.05) is 24.1 Å². The molecule has 11 heteroatoms. The van der Waals surface area contributed by atoms with Crippen LogP contribution in [0, 0.1) is 12.7 Å². The first-order valence-corrected chi connectivity index (χ1v) is 17.1. The number of fused-ring (bicyclic) bond motifs is 1. The van der Waals surface area contributed by atoms with E-state index in [0.29, 0.717) is 12.4 Å². The number of nitrogens with one attached hydrogen (secondary N) is 1. The Balaban J connectivity index is 1.59. The molecule has 9 nitrogen and oxygen atoms in total. The van der Waals surface area contributed by atoms with Crippen molar-refractivity contribution in [3.63, 3.8) is 0 Å². The lowest BCUT2D eigenvalue weighted by Crippen LogP contribution is -2.56. The molecule has 1 aliphatic rings. The number of nitrogens with zero attached hydrogens (tertiary/aromatic N) is 2. The maximum atomic E-state index is 14.6. The lowest BCUT2D eigenvalue weighted by atomic mass is 10.00. The summed E-state index contributed by atoms with van der Waals surface area (Å²) in [5.74, 6) is -0.895. The Kier molecular flexibility index (Phi) is 10.4. The number of rotatable bonds is 11. The fourth-order valence-electron chi connectivity index (χ4n) is 5.43. The molecule has 1 N–H and O–H groups in total. The molecule has 0 unspecified atom stereocenters. The van der Waals surface area contributed by atoms with E-state index < -0.39 is 39.9 Å². The number of hydrogen-bond donors (Lipinski definition) is 1. The molecule has 1 atom stereocenters. The highest BCUT2D eigenvalue weighted by Crippen LogP contribution is 2.34. The summed E-state index contributed by atoms with van der Waals surface area (Å²) < 4.78 is 54.9. The Morgan fingerprint density at radius 2 is 1.52 bits per heavy atom. The Labute approximate surface area is 281 Å². The van der Waals surface area contributed by atoms with Crippen molar-refractivity contribution in [2.45, 2.75) is 57.1 Å². The molecule has 0 fully saturated rings. The number of anilines is 1. The van der Waals surface area contributed by atoms with Crippen LogP contribution in [0.2, 0.25) is 0 Å². The Bertz CT molecular complexity index is 1860. The van der Waals surface area contributed by atoms with Gasteiger partial charge in [0.25, 0.3) is 10.0 Å². The van der Waals surface area contributed by atoms with Gasteiger partial charge in [0.15, 0.2) is 11.5 Å². The second kappa shape index (κ2) is 14.5. The quantitative estimate of drug-likeness (QED) is 0.221. The smallest absolute Gasteiger partial charge is 0.264 e. The monoisotopic (exact) mass is 673 g/mol. The van der Waals surface area contributed by atoms with Gasteiger partial charge in [0.1, 0.15) is 31.6 Å². The molecule has 1 aliphatic heterocycles. The fourth-order valence-corrected chi connectivity index (χ4v) is 6.86. The van der Waals surface area contributed by atoms with Crippen molar-refractivity contribution in [1.82, 2.24) is 10.2 Å². The number of hydrogen-bond acceptors (Lipinski definition) is 6. The zero-order valence-electron chi connectivity index (χ0n) is 27.5. The van der Waals surface area contributed by atoms with Crippen molar-refractivity contribution in [3.8, 4) is 11.5 Å². The molecule has 2 amide bonds. The predicted molar refractivity (Wildman–Crippen MR) is 182 cm³/mol. The molecular formula is C37H40FN3O6S. The van der Waals surface area contributed by atoms with Crippen LogP contribution in [0.1, 0.15) is 37.5 Å². The maximum absolute atomic E-state index is 14.6. The third-order valence-electron chi connectivity index (χ3n) is 7.87. The number of sulfonamides is 1. The van der Waals surface area contributed by atoms with Gasteiger partial charge in [-0.3, -0.25) is 13.9 Å². The van der Waals surface area contributed by atoms with Crippen LogP contribution in [0.15, 0.2) is 102 Å². The van der Waals surface area contributed by atoms with Crippen molar-refractivity contribution < 1.29 is 31.9 Å². The minimum Gasteiger partial charge on any atom is -0.486 e. The Morgan fingerprint density at radius 1 is 0.875 bits per heavy atom. The Morgan fingerprint density at radius 3 is 2.19 bits per heavy atom. The van der Waals surface area contributed by atoms with Crippen LogP contribution < -0.4 is 19.1 Å². The molecule has 0 spiro atoms. The van der Waals surface area contributed by atoms with E-state index in [1.54, 1.807) is 0 Å². The van der Waals surface area contributed by atoms with Crippen molar-refractivity contribution in [3.05, 3.63) is 120 Å². The van der Waals surface area contributed by atoms with Crippen LogP contribution in [0.5, 0.6) is 11.5 Å². The zero-order chi connectivity index (χ0) is 34.5. The molecule has 5 rings (SSSR count). The van der Waals surface area contributed by atoms with Gasteiger partial charge in [-0.25, -0.2) is 12.8 Å². The standard InChI is InChI=1S/C37H40FN3O6S/c1-26-10-8-9-13-28(26)24-40(32(36(43)39-37(2,3)4)22-27-11-6-5-7-12-27)35(42)25-41(30-16-14-29(38)15-17-30)48(44,45)31-18-19-33-34(23-31)47-21-20-46-33/h5-19,23,32H,20-22,24-25H2,1-4H3,(H,39,43)/t32-/m1/s1. The van der Waals surface area contributed by atoms with Gasteiger partial charge < -0.3 is 19.7 Å². The number of halogens is 1. The lowest BCUT2D eigenvalue weighted by molar-refractivity contribution is -0.140. The topological polar surface area (TPSA) is 105 Å². The summed E-state index contributed by atoms with van der Waals surface area (Å²) in [5.41, 5.74) is 2.01. The molecular weight excluding hydrogens is 633 g/mol. The van der Waals surface area contributed by atoms with E-state index >= 15 is 0 Å². The molecule has 0 radical (unpaired) electrons. The van der Waals surface area contributed by atoms with E-state index in [-0.39, 0.29) is 41.8 Å². The van der Waals surface area contributed by atoms with E-state index in [9.17, 15) is 22.4 Å². The summed E-state index contributed by atoms with van der Waals surface area (Å²) in [5, 5.41) is 3.02. The molecule has 4 aromatic carbocycles. The second-order valence-electron chi connectivity index (χ2n) is 12.7. The summed E-state index contributed by atoms with van der Waals surface area (Å²) in [7, 11) is -4.42. The number of amides is 2.